The van der Waals surface area contributed by atoms with Crippen LogP contribution in [0.5, 0.6) is 0 Å². The molecule has 0 radical (unpaired) electrons. The number of carbonyl (C=O) groups is 1. The molecule has 3 heteroatoms. The summed E-state index contributed by atoms with van der Waals surface area (Å²) in [6.07, 6.45) is 8.09. The molecule has 2 rings (SSSR count). The average Bonchev–Trinajstić information content (AvgIpc) is 2.86. The first-order valence-corrected chi connectivity index (χ1v) is 7.35. The molecule has 22 heavy (non-hydrogen) atoms. The van der Waals surface area contributed by atoms with Gasteiger partial charge in [-0.05, 0) is 31.1 Å². The van der Waals surface area contributed by atoms with E-state index in [-0.39, 0.29) is 0 Å². The molecule has 3 nitrogen and oxygen atoms in total. The van der Waals surface area contributed by atoms with Crippen molar-refractivity contribution in [2.45, 2.75) is 19.9 Å². The van der Waals surface area contributed by atoms with E-state index in [4.69, 9.17) is 4.74 Å². The van der Waals surface area contributed by atoms with E-state index in [1.54, 1.807) is 0 Å². The first-order valence-electron chi connectivity index (χ1n) is 7.35. The number of benzene rings is 1. The molecule has 0 amide bonds. The number of hydrogen-bond acceptors (Lipinski definition) is 2. The highest BCUT2D eigenvalue weighted by Gasteiger charge is 2.13. The summed E-state index contributed by atoms with van der Waals surface area (Å²) in [4.78, 5) is 11.2. The van der Waals surface area contributed by atoms with Gasteiger partial charge in [-0.15, -0.1) is 0 Å². The highest BCUT2D eigenvalue weighted by Crippen LogP contribution is 2.28. The topological polar surface area (TPSA) is 31.2 Å². The minimum Gasteiger partial charge on any atom is -0.461 e. The van der Waals surface area contributed by atoms with E-state index in [0.717, 1.165) is 17.6 Å². The largest absolute Gasteiger partial charge is 0.461 e. The van der Waals surface area contributed by atoms with E-state index >= 15 is 0 Å². The van der Waals surface area contributed by atoms with Gasteiger partial charge in [0.25, 0.3) is 0 Å². The van der Waals surface area contributed by atoms with E-state index < -0.39 is 5.97 Å². The molecule has 1 aromatic carbocycles. The van der Waals surface area contributed by atoms with Gasteiger partial charge in [0.05, 0.1) is 6.54 Å². The number of para-hydroxylation sites is 1. The lowest BCUT2D eigenvalue weighted by atomic mass is 10.1. The van der Waals surface area contributed by atoms with Crippen LogP contribution in [-0.4, -0.2) is 17.1 Å². The number of hydrogen-bond donors (Lipinski definition) is 0. The molecular weight excluding hydrogens is 274 g/mol. The second-order valence-electron chi connectivity index (χ2n) is 4.88. The molecule has 1 aromatic heterocycles. The van der Waals surface area contributed by atoms with Crippen molar-refractivity contribution in [1.29, 1.82) is 0 Å². The maximum absolute atomic E-state index is 11.2. The average molecular weight is 295 g/mol. The van der Waals surface area contributed by atoms with Crippen LogP contribution in [0.4, 0.5) is 0 Å². The van der Waals surface area contributed by atoms with Crippen LogP contribution in [0.1, 0.15) is 18.2 Å². The van der Waals surface area contributed by atoms with Crippen molar-refractivity contribution in [3.05, 3.63) is 66.9 Å². The van der Waals surface area contributed by atoms with Crippen LogP contribution in [0.2, 0.25) is 0 Å². The molecule has 0 unspecified atom stereocenters. The summed E-state index contributed by atoms with van der Waals surface area (Å²) in [5.74, 6) is -0.397. The Morgan fingerprint density at radius 1 is 1.32 bits per heavy atom. The Morgan fingerprint density at radius 3 is 2.77 bits per heavy atom. The summed E-state index contributed by atoms with van der Waals surface area (Å²) in [6.45, 7) is 10.3. The first-order chi connectivity index (χ1) is 10.7. The Balaban J connectivity index is 2.40. The quantitative estimate of drug-likeness (QED) is 0.437. The Morgan fingerprint density at radius 2 is 2.09 bits per heavy atom. The molecule has 0 N–H and O–H groups in total. The molecule has 0 aliphatic heterocycles. The van der Waals surface area contributed by atoms with Crippen LogP contribution in [0.25, 0.3) is 17.0 Å². The van der Waals surface area contributed by atoms with Gasteiger partial charge in [0, 0.05) is 22.7 Å². The van der Waals surface area contributed by atoms with E-state index in [9.17, 15) is 4.79 Å². The predicted molar refractivity (Wildman–Crippen MR) is 91.7 cm³/mol. The maximum atomic E-state index is 11.2. The third-order valence-corrected chi connectivity index (χ3v) is 3.60. The second kappa shape index (κ2) is 7.46. The molecule has 0 atom stereocenters. The van der Waals surface area contributed by atoms with Crippen LogP contribution >= 0.6 is 0 Å². The summed E-state index contributed by atoms with van der Waals surface area (Å²) in [7, 11) is 0. The molecular formula is C19H21NO2. The Bertz CT molecular complexity index is 722. The molecule has 0 spiro atoms. The fourth-order valence-electron chi connectivity index (χ4n) is 2.62. The number of carbonyl (C=O) groups excluding carboxylic acids is 1. The third kappa shape index (κ3) is 3.19. The van der Waals surface area contributed by atoms with Crippen molar-refractivity contribution in [3.63, 3.8) is 0 Å². The van der Waals surface area contributed by atoms with Gasteiger partial charge in [-0.3, -0.25) is 0 Å². The van der Waals surface area contributed by atoms with E-state index in [1.165, 1.54) is 17.0 Å². The molecule has 0 aliphatic carbocycles. The normalized spacial score (nSPS) is 11.0. The highest BCUT2D eigenvalue weighted by atomic mass is 16.5. The van der Waals surface area contributed by atoms with Crippen molar-refractivity contribution < 1.29 is 9.53 Å². The smallest absolute Gasteiger partial charge is 0.330 e. The molecule has 0 aliphatic rings. The Kier molecular flexibility index (Phi) is 5.37. The van der Waals surface area contributed by atoms with Crippen molar-refractivity contribution in [1.82, 2.24) is 4.57 Å². The fourth-order valence-corrected chi connectivity index (χ4v) is 2.62. The van der Waals surface area contributed by atoms with Gasteiger partial charge in [0.15, 0.2) is 0 Å². The number of fused-ring (bicyclic) bond motifs is 1. The third-order valence-electron chi connectivity index (χ3n) is 3.60. The van der Waals surface area contributed by atoms with Crippen molar-refractivity contribution in [2.75, 3.05) is 6.61 Å². The minimum absolute atomic E-state index is 0.313. The van der Waals surface area contributed by atoms with Crippen LogP contribution in [0.3, 0.4) is 0 Å². The van der Waals surface area contributed by atoms with Crippen LogP contribution in [0.15, 0.2) is 55.7 Å². The predicted octanol–water partition coefficient (Wildman–Crippen LogP) is 4.13. The summed E-state index contributed by atoms with van der Waals surface area (Å²) in [6, 6.07) is 8.25. The zero-order valence-corrected chi connectivity index (χ0v) is 12.9. The molecule has 0 saturated carbocycles. The number of rotatable bonds is 7. The van der Waals surface area contributed by atoms with Gasteiger partial charge in [0.1, 0.15) is 6.61 Å². The molecule has 2 aromatic rings. The summed E-state index contributed by atoms with van der Waals surface area (Å²) >= 11 is 0. The van der Waals surface area contributed by atoms with E-state index in [2.05, 4.69) is 35.9 Å². The first kappa shape index (κ1) is 15.8. The molecule has 1 heterocycles. The molecule has 114 valence electrons. The zero-order valence-electron chi connectivity index (χ0n) is 12.9. The Hall–Kier alpha value is -2.55. The van der Waals surface area contributed by atoms with Gasteiger partial charge >= 0.3 is 5.97 Å². The summed E-state index contributed by atoms with van der Waals surface area (Å²) in [5.41, 5.74) is 3.46. The lowest BCUT2D eigenvalue weighted by molar-refractivity contribution is -0.137. The van der Waals surface area contributed by atoms with Crippen molar-refractivity contribution in [2.24, 2.45) is 0 Å². The maximum Gasteiger partial charge on any atom is 0.330 e. The monoisotopic (exact) mass is 295 g/mol. The number of nitrogens with zero attached hydrogens (tertiary/aromatic N) is 1. The summed E-state index contributed by atoms with van der Waals surface area (Å²) in [5, 5.41) is 1.21. The number of allylic oxidation sites excluding steroid dienone is 2. The molecule has 0 saturated heterocycles. The van der Waals surface area contributed by atoms with E-state index in [1.807, 2.05) is 31.2 Å². The van der Waals surface area contributed by atoms with Gasteiger partial charge in [-0.1, -0.05) is 43.5 Å². The van der Waals surface area contributed by atoms with Crippen LogP contribution < -0.4 is 0 Å². The van der Waals surface area contributed by atoms with Crippen molar-refractivity contribution in [3.8, 4) is 0 Å². The van der Waals surface area contributed by atoms with Crippen LogP contribution in [-0.2, 0) is 22.5 Å². The lowest BCUT2D eigenvalue weighted by Crippen LogP contribution is -2.10. The van der Waals surface area contributed by atoms with Gasteiger partial charge in [0.2, 0.25) is 0 Å². The van der Waals surface area contributed by atoms with E-state index in [0.29, 0.717) is 13.2 Å². The van der Waals surface area contributed by atoms with Gasteiger partial charge in [-0.25, -0.2) is 4.79 Å². The lowest BCUT2D eigenvalue weighted by Gasteiger charge is -2.09. The van der Waals surface area contributed by atoms with Crippen molar-refractivity contribution >= 4 is 22.9 Å². The SMILES string of the molecule is C=CC(=O)OCCn1c(C=C)c(C/C=C\C)c2ccccc21. The highest BCUT2D eigenvalue weighted by molar-refractivity contribution is 5.88. The molecule has 0 bridgehead atoms. The standard InChI is InChI=1S/C19H21NO2/c1-4-7-10-15-16-11-8-9-12-18(16)20(17(15)5-2)13-14-22-19(21)6-3/h4-9,11-12H,2-3,10,13-14H2,1H3/b7-4-. The number of aromatic nitrogens is 1. The molecule has 0 fully saturated rings. The van der Waals surface area contributed by atoms with Crippen LogP contribution in [0, 0.1) is 0 Å². The number of esters is 1. The second-order valence-corrected chi connectivity index (χ2v) is 4.88. The fraction of sp³-hybridized carbons (Fsp3) is 0.211. The van der Waals surface area contributed by atoms with Gasteiger partial charge < -0.3 is 9.30 Å². The zero-order chi connectivity index (χ0) is 15.9. The Labute approximate surface area is 131 Å². The number of ether oxygens (including phenoxy) is 1. The van der Waals surface area contributed by atoms with Gasteiger partial charge in [-0.2, -0.15) is 0 Å². The minimum atomic E-state index is -0.397. The summed E-state index contributed by atoms with van der Waals surface area (Å²) < 4.78 is 7.26.